The van der Waals surface area contributed by atoms with Crippen LogP contribution in [0.4, 0.5) is 0 Å². The average molecular weight is 235 g/mol. The van der Waals surface area contributed by atoms with E-state index in [0.717, 1.165) is 12.3 Å². The molecule has 0 bridgehead atoms. The number of hydrogen-bond acceptors (Lipinski definition) is 2. The van der Waals surface area contributed by atoms with Gasteiger partial charge in [0.2, 0.25) is 0 Å². The molecule has 0 fully saturated rings. The van der Waals surface area contributed by atoms with Crippen molar-refractivity contribution in [2.45, 2.75) is 52.1 Å². The first-order chi connectivity index (χ1) is 8.30. The Balaban J connectivity index is 2.41. The summed E-state index contributed by atoms with van der Waals surface area (Å²) >= 11 is 0. The van der Waals surface area contributed by atoms with Crippen molar-refractivity contribution in [3.8, 4) is 5.75 Å². The van der Waals surface area contributed by atoms with Gasteiger partial charge in [0.25, 0.3) is 0 Å². The summed E-state index contributed by atoms with van der Waals surface area (Å²) in [6.07, 6.45) is 5.04. The second-order valence-corrected chi connectivity index (χ2v) is 4.50. The van der Waals surface area contributed by atoms with E-state index in [1.165, 1.54) is 31.2 Å². The van der Waals surface area contributed by atoms with Gasteiger partial charge in [-0.15, -0.1) is 0 Å². The Hall–Kier alpha value is -1.02. The van der Waals surface area contributed by atoms with Gasteiger partial charge in [-0.25, -0.2) is 0 Å². The van der Waals surface area contributed by atoms with E-state index in [-0.39, 0.29) is 0 Å². The molecule has 0 atom stereocenters. The fraction of sp³-hybridized carbons (Fsp3) is 0.600. The lowest BCUT2D eigenvalue weighted by Gasteiger charge is -2.17. The van der Waals surface area contributed by atoms with E-state index in [1.807, 2.05) is 12.1 Å². The van der Waals surface area contributed by atoms with Crippen LogP contribution in [0.25, 0.3) is 0 Å². The van der Waals surface area contributed by atoms with Gasteiger partial charge in [0, 0.05) is 12.6 Å². The smallest absolute Gasteiger partial charge is 0.118 e. The maximum atomic E-state index is 5.15. The predicted octanol–water partition coefficient (Wildman–Crippen LogP) is 3.75. The molecule has 0 heterocycles. The topological polar surface area (TPSA) is 21.3 Å². The molecule has 2 heteroatoms. The Morgan fingerprint density at radius 2 is 1.65 bits per heavy atom. The zero-order valence-corrected chi connectivity index (χ0v) is 11.3. The number of methoxy groups -OCH3 is 1. The van der Waals surface area contributed by atoms with E-state index in [0.29, 0.717) is 6.04 Å². The van der Waals surface area contributed by atoms with Gasteiger partial charge in [0.15, 0.2) is 0 Å². The Morgan fingerprint density at radius 1 is 1.06 bits per heavy atom. The van der Waals surface area contributed by atoms with Crippen LogP contribution in [0.1, 0.15) is 45.1 Å². The molecule has 0 radical (unpaired) electrons. The lowest BCUT2D eigenvalue weighted by atomic mass is 10.1. The van der Waals surface area contributed by atoms with Crippen molar-refractivity contribution in [1.29, 1.82) is 0 Å². The maximum absolute atomic E-state index is 5.15. The summed E-state index contributed by atoms with van der Waals surface area (Å²) < 4.78 is 5.15. The summed E-state index contributed by atoms with van der Waals surface area (Å²) in [7, 11) is 1.70. The van der Waals surface area contributed by atoms with Crippen molar-refractivity contribution in [3.05, 3.63) is 29.8 Å². The van der Waals surface area contributed by atoms with Gasteiger partial charge in [0.1, 0.15) is 5.75 Å². The molecule has 1 aromatic carbocycles. The summed E-state index contributed by atoms with van der Waals surface area (Å²) in [5.74, 6) is 0.924. The molecule has 0 saturated heterocycles. The second-order valence-electron chi connectivity index (χ2n) is 4.50. The van der Waals surface area contributed by atoms with E-state index in [9.17, 15) is 0 Å². The highest BCUT2D eigenvalue weighted by Crippen LogP contribution is 2.12. The number of hydrogen-bond donors (Lipinski definition) is 1. The van der Waals surface area contributed by atoms with Gasteiger partial charge in [0.05, 0.1) is 7.11 Å². The fourth-order valence-electron chi connectivity index (χ4n) is 2.05. The van der Waals surface area contributed by atoms with Crippen LogP contribution in [0.15, 0.2) is 24.3 Å². The van der Waals surface area contributed by atoms with Crippen LogP contribution in [0, 0.1) is 0 Å². The third-order valence-corrected chi connectivity index (χ3v) is 3.03. The lowest BCUT2D eigenvalue weighted by Crippen LogP contribution is -2.28. The molecule has 0 saturated carbocycles. The second kappa shape index (κ2) is 8.13. The summed E-state index contributed by atoms with van der Waals surface area (Å²) in [6, 6.07) is 8.95. The molecule has 96 valence electrons. The Bertz CT molecular complexity index is 288. The molecule has 0 aliphatic heterocycles. The van der Waals surface area contributed by atoms with Crippen LogP contribution in [-0.2, 0) is 6.54 Å². The molecule has 17 heavy (non-hydrogen) atoms. The minimum absolute atomic E-state index is 0.659. The number of rotatable bonds is 8. The Labute approximate surface area is 105 Å². The largest absolute Gasteiger partial charge is 0.497 e. The number of ether oxygens (including phenoxy) is 1. The summed E-state index contributed by atoms with van der Waals surface area (Å²) in [5, 5.41) is 3.63. The molecule has 0 unspecified atom stereocenters. The first kappa shape index (κ1) is 14.0. The third-order valence-electron chi connectivity index (χ3n) is 3.03. The quantitative estimate of drug-likeness (QED) is 0.741. The molecule has 2 nitrogen and oxygen atoms in total. The minimum atomic E-state index is 0.659. The zero-order chi connectivity index (χ0) is 12.5. The molecular formula is C15H25NO. The Morgan fingerprint density at radius 3 is 2.12 bits per heavy atom. The van der Waals surface area contributed by atoms with Crippen molar-refractivity contribution in [2.24, 2.45) is 0 Å². The molecule has 0 amide bonds. The minimum Gasteiger partial charge on any atom is -0.497 e. The highest BCUT2D eigenvalue weighted by molar-refractivity contribution is 5.27. The van der Waals surface area contributed by atoms with Crippen molar-refractivity contribution in [3.63, 3.8) is 0 Å². The number of benzene rings is 1. The highest BCUT2D eigenvalue weighted by atomic mass is 16.5. The molecule has 0 aromatic heterocycles. The molecule has 0 aliphatic rings. The van der Waals surface area contributed by atoms with E-state index in [1.54, 1.807) is 7.11 Å². The van der Waals surface area contributed by atoms with Crippen molar-refractivity contribution in [1.82, 2.24) is 5.32 Å². The normalized spacial score (nSPS) is 10.8. The molecular weight excluding hydrogens is 210 g/mol. The SMILES string of the molecule is CCCC(CCC)NCc1ccc(OC)cc1. The summed E-state index contributed by atoms with van der Waals surface area (Å²) in [6.45, 7) is 5.45. The molecule has 1 rings (SSSR count). The van der Waals surface area contributed by atoms with Crippen LogP contribution in [0.5, 0.6) is 5.75 Å². The van der Waals surface area contributed by atoms with E-state index < -0.39 is 0 Å². The van der Waals surface area contributed by atoms with Crippen molar-refractivity contribution in [2.75, 3.05) is 7.11 Å². The monoisotopic (exact) mass is 235 g/mol. The van der Waals surface area contributed by atoms with E-state index in [4.69, 9.17) is 4.74 Å². The Kier molecular flexibility index (Phi) is 6.71. The molecule has 1 N–H and O–H groups in total. The van der Waals surface area contributed by atoms with Gasteiger partial charge in [-0.05, 0) is 30.5 Å². The van der Waals surface area contributed by atoms with Crippen LogP contribution in [0.2, 0.25) is 0 Å². The van der Waals surface area contributed by atoms with Gasteiger partial charge in [-0.2, -0.15) is 0 Å². The first-order valence-electron chi connectivity index (χ1n) is 6.66. The van der Waals surface area contributed by atoms with Crippen molar-refractivity contribution >= 4 is 0 Å². The van der Waals surface area contributed by atoms with E-state index in [2.05, 4.69) is 31.3 Å². The van der Waals surface area contributed by atoms with Gasteiger partial charge in [-0.1, -0.05) is 38.8 Å². The molecule has 0 spiro atoms. The van der Waals surface area contributed by atoms with Crippen LogP contribution in [0.3, 0.4) is 0 Å². The number of nitrogens with one attached hydrogen (secondary N) is 1. The van der Waals surface area contributed by atoms with Gasteiger partial charge in [-0.3, -0.25) is 0 Å². The van der Waals surface area contributed by atoms with Crippen LogP contribution in [-0.4, -0.2) is 13.2 Å². The third kappa shape index (κ3) is 5.22. The first-order valence-corrected chi connectivity index (χ1v) is 6.66. The summed E-state index contributed by atoms with van der Waals surface area (Å²) in [4.78, 5) is 0. The van der Waals surface area contributed by atoms with Crippen LogP contribution < -0.4 is 10.1 Å². The summed E-state index contributed by atoms with van der Waals surface area (Å²) in [5.41, 5.74) is 1.32. The average Bonchev–Trinajstić information content (AvgIpc) is 2.37. The van der Waals surface area contributed by atoms with Gasteiger partial charge >= 0.3 is 0 Å². The predicted molar refractivity (Wildman–Crippen MR) is 73.4 cm³/mol. The van der Waals surface area contributed by atoms with Crippen molar-refractivity contribution < 1.29 is 4.74 Å². The zero-order valence-electron chi connectivity index (χ0n) is 11.3. The molecule has 1 aromatic rings. The maximum Gasteiger partial charge on any atom is 0.118 e. The van der Waals surface area contributed by atoms with Crippen LogP contribution >= 0.6 is 0 Å². The lowest BCUT2D eigenvalue weighted by molar-refractivity contribution is 0.414. The van der Waals surface area contributed by atoms with E-state index >= 15 is 0 Å². The highest BCUT2D eigenvalue weighted by Gasteiger charge is 2.05. The standard InChI is InChI=1S/C15H25NO/c1-4-6-14(7-5-2)16-12-13-8-10-15(17-3)11-9-13/h8-11,14,16H,4-7,12H2,1-3H3. The fourth-order valence-corrected chi connectivity index (χ4v) is 2.05. The van der Waals surface area contributed by atoms with Gasteiger partial charge < -0.3 is 10.1 Å². The molecule has 0 aliphatic carbocycles.